The summed E-state index contributed by atoms with van der Waals surface area (Å²) in [5.74, 6) is 0.959. The molecule has 0 heterocycles. The van der Waals surface area contributed by atoms with Gasteiger partial charge in [-0.25, -0.2) is 4.39 Å². The van der Waals surface area contributed by atoms with E-state index < -0.39 is 6.10 Å². The minimum absolute atomic E-state index is 0.248. The third-order valence-electron chi connectivity index (χ3n) is 2.96. The highest BCUT2D eigenvalue weighted by Gasteiger charge is 2.10. The highest BCUT2D eigenvalue weighted by atomic mass is 79.9. The van der Waals surface area contributed by atoms with Crippen molar-refractivity contribution in [3.8, 4) is 5.75 Å². The lowest BCUT2D eigenvalue weighted by Crippen LogP contribution is -2.13. The van der Waals surface area contributed by atoms with Crippen molar-refractivity contribution < 1.29 is 14.2 Å². The Morgan fingerprint density at radius 2 is 2.05 bits per heavy atom. The van der Waals surface area contributed by atoms with Crippen molar-refractivity contribution in [1.29, 1.82) is 0 Å². The van der Waals surface area contributed by atoms with E-state index in [1.54, 1.807) is 25.3 Å². The standard InChI is InChI=1S/C16H16BrFO2S/c1-20-15-7-6-11(9-13(15)17)8-12(19)10-21-16-5-3-2-4-14(16)18/h2-7,9,12,19H,8,10H2,1H3. The average molecular weight is 371 g/mol. The summed E-state index contributed by atoms with van der Waals surface area (Å²) in [6.45, 7) is 0. The Morgan fingerprint density at radius 3 is 2.71 bits per heavy atom. The van der Waals surface area contributed by atoms with Crippen LogP contribution in [0.1, 0.15) is 5.56 Å². The number of benzene rings is 2. The Hall–Kier alpha value is -1.04. The van der Waals surface area contributed by atoms with Gasteiger partial charge in [-0.2, -0.15) is 0 Å². The number of hydrogen-bond acceptors (Lipinski definition) is 3. The predicted molar refractivity (Wildman–Crippen MR) is 87.5 cm³/mol. The van der Waals surface area contributed by atoms with Crippen molar-refractivity contribution in [2.24, 2.45) is 0 Å². The van der Waals surface area contributed by atoms with Crippen LogP contribution in [0.25, 0.3) is 0 Å². The predicted octanol–water partition coefficient (Wildman–Crippen LogP) is 4.29. The summed E-state index contributed by atoms with van der Waals surface area (Å²) in [7, 11) is 1.61. The Morgan fingerprint density at radius 1 is 1.29 bits per heavy atom. The van der Waals surface area contributed by atoms with Gasteiger partial charge in [0.2, 0.25) is 0 Å². The van der Waals surface area contributed by atoms with Gasteiger partial charge in [-0.05, 0) is 52.2 Å². The SMILES string of the molecule is COc1ccc(CC(O)CSc2ccccc2F)cc1Br. The molecule has 0 bridgehead atoms. The number of aliphatic hydroxyl groups is 1. The van der Waals surface area contributed by atoms with Crippen molar-refractivity contribution in [2.75, 3.05) is 12.9 Å². The van der Waals surface area contributed by atoms with E-state index in [0.717, 1.165) is 15.8 Å². The zero-order chi connectivity index (χ0) is 15.2. The van der Waals surface area contributed by atoms with Gasteiger partial charge in [-0.15, -0.1) is 11.8 Å². The second-order valence-electron chi connectivity index (χ2n) is 4.57. The highest BCUT2D eigenvalue weighted by Crippen LogP contribution is 2.27. The molecule has 0 spiro atoms. The molecule has 21 heavy (non-hydrogen) atoms. The number of ether oxygens (including phenoxy) is 1. The number of rotatable bonds is 6. The minimum atomic E-state index is -0.532. The third kappa shape index (κ3) is 4.73. The summed E-state index contributed by atoms with van der Waals surface area (Å²) in [6.07, 6.45) is -0.0146. The third-order valence-corrected chi connectivity index (χ3v) is 4.77. The first kappa shape index (κ1) is 16.3. The van der Waals surface area contributed by atoms with Crippen LogP contribution in [0.4, 0.5) is 4.39 Å². The van der Waals surface area contributed by atoms with Crippen LogP contribution in [0.2, 0.25) is 0 Å². The van der Waals surface area contributed by atoms with Crippen LogP contribution in [0.15, 0.2) is 51.8 Å². The molecule has 0 saturated carbocycles. The van der Waals surface area contributed by atoms with Crippen molar-refractivity contribution in [2.45, 2.75) is 17.4 Å². The van der Waals surface area contributed by atoms with E-state index in [0.29, 0.717) is 17.1 Å². The van der Waals surface area contributed by atoms with Gasteiger partial charge in [0.25, 0.3) is 0 Å². The smallest absolute Gasteiger partial charge is 0.136 e. The fourth-order valence-corrected chi connectivity index (χ4v) is 3.37. The molecule has 0 aliphatic carbocycles. The summed E-state index contributed by atoms with van der Waals surface area (Å²) in [4.78, 5) is 0.562. The normalized spacial score (nSPS) is 12.2. The molecule has 2 aromatic carbocycles. The fraction of sp³-hybridized carbons (Fsp3) is 0.250. The van der Waals surface area contributed by atoms with Crippen LogP contribution in [0, 0.1) is 5.82 Å². The number of halogens is 2. The molecule has 0 aromatic heterocycles. The molecule has 2 aromatic rings. The number of methoxy groups -OCH3 is 1. The van der Waals surface area contributed by atoms with Crippen LogP contribution in [0.5, 0.6) is 5.75 Å². The van der Waals surface area contributed by atoms with E-state index in [2.05, 4.69) is 15.9 Å². The molecule has 112 valence electrons. The van der Waals surface area contributed by atoms with E-state index in [1.165, 1.54) is 17.8 Å². The van der Waals surface area contributed by atoms with Crippen LogP contribution >= 0.6 is 27.7 Å². The molecule has 2 rings (SSSR count). The summed E-state index contributed by atoms with van der Waals surface area (Å²) in [5, 5.41) is 10.1. The molecule has 0 aliphatic heterocycles. The van der Waals surface area contributed by atoms with Crippen molar-refractivity contribution in [3.63, 3.8) is 0 Å². The monoisotopic (exact) mass is 370 g/mol. The maximum atomic E-state index is 13.5. The molecule has 1 N–H and O–H groups in total. The fourth-order valence-electron chi connectivity index (χ4n) is 1.92. The molecule has 0 saturated heterocycles. The number of thioether (sulfide) groups is 1. The van der Waals surface area contributed by atoms with Crippen LogP contribution < -0.4 is 4.74 Å². The molecular weight excluding hydrogens is 355 g/mol. The van der Waals surface area contributed by atoms with Gasteiger partial charge < -0.3 is 9.84 Å². The number of hydrogen-bond donors (Lipinski definition) is 1. The van der Waals surface area contributed by atoms with E-state index in [9.17, 15) is 9.50 Å². The molecule has 1 atom stereocenters. The molecule has 2 nitrogen and oxygen atoms in total. The first-order valence-electron chi connectivity index (χ1n) is 6.48. The Labute approximate surface area is 136 Å². The highest BCUT2D eigenvalue weighted by molar-refractivity contribution is 9.10. The van der Waals surface area contributed by atoms with Crippen molar-refractivity contribution >= 4 is 27.7 Å². The minimum Gasteiger partial charge on any atom is -0.496 e. The van der Waals surface area contributed by atoms with Gasteiger partial charge in [0.1, 0.15) is 11.6 Å². The van der Waals surface area contributed by atoms with E-state index in [4.69, 9.17) is 4.74 Å². The van der Waals surface area contributed by atoms with Gasteiger partial charge in [-0.3, -0.25) is 0 Å². The lowest BCUT2D eigenvalue weighted by Gasteiger charge is -2.12. The zero-order valence-electron chi connectivity index (χ0n) is 11.6. The average Bonchev–Trinajstić information content (AvgIpc) is 2.46. The summed E-state index contributed by atoms with van der Waals surface area (Å²) in [5.41, 5.74) is 1.00. The van der Waals surface area contributed by atoms with Gasteiger partial charge in [0.15, 0.2) is 0 Å². The lowest BCUT2D eigenvalue weighted by molar-refractivity contribution is 0.200. The Kier molecular flexibility index (Phi) is 6.08. The van der Waals surface area contributed by atoms with Gasteiger partial charge in [-0.1, -0.05) is 18.2 Å². The largest absolute Gasteiger partial charge is 0.496 e. The number of aliphatic hydroxyl groups excluding tert-OH is 1. The summed E-state index contributed by atoms with van der Waals surface area (Å²) in [6, 6.07) is 12.3. The first-order valence-corrected chi connectivity index (χ1v) is 8.26. The summed E-state index contributed by atoms with van der Waals surface area (Å²) >= 11 is 4.75. The quantitative estimate of drug-likeness (QED) is 0.769. The van der Waals surface area contributed by atoms with Crippen molar-refractivity contribution in [1.82, 2.24) is 0 Å². The van der Waals surface area contributed by atoms with Gasteiger partial charge in [0, 0.05) is 10.6 Å². The lowest BCUT2D eigenvalue weighted by atomic mass is 10.1. The van der Waals surface area contributed by atoms with Crippen LogP contribution in [-0.4, -0.2) is 24.1 Å². The molecule has 1 unspecified atom stereocenters. The molecular formula is C16H16BrFO2S. The topological polar surface area (TPSA) is 29.5 Å². The first-order chi connectivity index (χ1) is 10.1. The van der Waals surface area contributed by atoms with Crippen LogP contribution in [0.3, 0.4) is 0 Å². The second kappa shape index (κ2) is 7.82. The van der Waals surface area contributed by atoms with E-state index >= 15 is 0 Å². The van der Waals surface area contributed by atoms with Crippen LogP contribution in [-0.2, 0) is 6.42 Å². The maximum absolute atomic E-state index is 13.5. The molecule has 0 amide bonds. The van der Waals surface area contributed by atoms with E-state index in [-0.39, 0.29) is 5.82 Å². The van der Waals surface area contributed by atoms with E-state index in [1.807, 2.05) is 18.2 Å². The summed E-state index contributed by atoms with van der Waals surface area (Å²) < 4.78 is 19.5. The van der Waals surface area contributed by atoms with Gasteiger partial charge in [0.05, 0.1) is 17.7 Å². The maximum Gasteiger partial charge on any atom is 0.136 e. The van der Waals surface area contributed by atoms with Gasteiger partial charge >= 0.3 is 0 Å². The molecule has 0 aliphatic rings. The van der Waals surface area contributed by atoms with Crippen molar-refractivity contribution in [3.05, 3.63) is 58.3 Å². The Balaban J connectivity index is 1.91. The molecule has 0 fully saturated rings. The Bertz CT molecular complexity index is 607. The molecule has 5 heteroatoms. The zero-order valence-corrected chi connectivity index (χ0v) is 14.0. The molecule has 0 radical (unpaired) electrons. The second-order valence-corrected chi connectivity index (χ2v) is 6.48.